The second-order valence-electron chi connectivity index (χ2n) is 4.14. The van der Waals surface area contributed by atoms with Gasteiger partial charge in [-0.15, -0.1) is 11.3 Å². The van der Waals surface area contributed by atoms with Crippen LogP contribution in [0, 0.1) is 17.1 Å². The third-order valence-electron chi connectivity index (χ3n) is 2.70. The third-order valence-corrected chi connectivity index (χ3v) is 3.78. The van der Waals surface area contributed by atoms with Crippen LogP contribution >= 0.6 is 11.3 Å². The summed E-state index contributed by atoms with van der Waals surface area (Å²) >= 11 is 1.36. The van der Waals surface area contributed by atoms with Gasteiger partial charge in [0.1, 0.15) is 11.9 Å². The molecule has 2 rings (SSSR count). The van der Waals surface area contributed by atoms with Crippen LogP contribution in [0.25, 0.3) is 16.5 Å². The van der Waals surface area contributed by atoms with E-state index in [1.807, 2.05) is 0 Å². The highest BCUT2D eigenvalue weighted by Crippen LogP contribution is 2.30. The Hall–Kier alpha value is -2.45. The Bertz CT molecular complexity index is 741. The molecule has 1 aromatic carbocycles. The fourth-order valence-electron chi connectivity index (χ4n) is 1.62. The highest BCUT2D eigenvalue weighted by molar-refractivity contribution is 7.16. The molecular weight excluding hydrogens is 277 g/mol. The predicted molar refractivity (Wildman–Crippen MR) is 75.7 cm³/mol. The number of hydrogen-bond acceptors (Lipinski definition) is 3. The van der Waals surface area contributed by atoms with Gasteiger partial charge in [-0.05, 0) is 42.8 Å². The fourth-order valence-corrected chi connectivity index (χ4v) is 2.63. The van der Waals surface area contributed by atoms with Gasteiger partial charge in [0.15, 0.2) is 0 Å². The molecule has 0 saturated heterocycles. The van der Waals surface area contributed by atoms with Crippen LogP contribution in [0.1, 0.15) is 17.4 Å². The molecule has 1 aromatic heterocycles. The molecule has 0 atom stereocenters. The number of carbonyl (C=O) groups is 1. The van der Waals surface area contributed by atoms with Crippen molar-refractivity contribution in [1.82, 2.24) is 0 Å². The van der Waals surface area contributed by atoms with E-state index < -0.39 is 11.8 Å². The molecule has 5 heteroatoms. The summed E-state index contributed by atoms with van der Waals surface area (Å²) < 4.78 is 13.6. The van der Waals surface area contributed by atoms with Gasteiger partial charge in [0.05, 0.1) is 5.56 Å². The minimum absolute atomic E-state index is 0.00662. The summed E-state index contributed by atoms with van der Waals surface area (Å²) in [5.74, 6) is -1.53. The zero-order valence-electron chi connectivity index (χ0n) is 10.6. The van der Waals surface area contributed by atoms with Gasteiger partial charge in [-0.2, -0.15) is 5.26 Å². The minimum atomic E-state index is -0.968. The van der Waals surface area contributed by atoms with Crippen LogP contribution in [0.5, 0.6) is 0 Å². The number of thiophene rings is 1. The number of carboxylic acids is 1. The molecule has 0 fully saturated rings. The molecular formula is C15H10FNO2S. The topological polar surface area (TPSA) is 61.1 Å². The van der Waals surface area contributed by atoms with Crippen LogP contribution in [0.15, 0.2) is 35.9 Å². The van der Waals surface area contributed by atoms with E-state index in [-0.39, 0.29) is 11.1 Å². The Morgan fingerprint density at radius 2 is 2.15 bits per heavy atom. The Morgan fingerprint density at radius 1 is 1.40 bits per heavy atom. The van der Waals surface area contributed by atoms with Gasteiger partial charge in [0.2, 0.25) is 0 Å². The lowest BCUT2D eigenvalue weighted by atomic mass is 10.1. The van der Waals surface area contributed by atoms with Crippen molar-refractivity contribution in [2.75, 3.05) is 0 Å². The number of carboxylic acid groups (broad SMARTS) is 1. The lowest BCUT2D eigenvalue weighted by Crippen LogP contribution is -1.94. The maximum atomic E-state index is 13.6. The molecule has 0 unspecified atom stereocenters. The summed E-state index contributed by atoms with van der Waals surface area (Å²) in [6, 6.07) is 9.76. The molecule has 3 nitrogen and oxygen atoms in total. The second kappa shape index (κ2) is 5.68. The van der Waals surface area contributed by atoms with Crippen molar-refractivity contribution in [3.8, 4) is 16.5 Å². The smallest absolute Gasteiger partial charge is 0.331 e. The van der Waals surface area contributed by atoms with Gasteiger partial charge in [-0.1, -0.05) is 6.07 Å². The van der Waals surface area contributed by atoms with Crippen LogP contribution in [-0.2, 0) is 4.79 Å². The summed E-state index contributed by atoms with van der Waals surface area (Å²) in [4.78, 5) is 12.4. The van der Waals surface area contributed by atoms with Gasteiger partial charge in [0.25, 0.3) is 0 Å². The Kier molecular flexibility index (Phi) is 3.97. The van der Waals surface area contributed by atoms with Crippen LogP contribution in [0.3, 0.4) is 0 Å². The zero-order valence-corrected chi connectivity index (χ0v) is 11.4. The van der Waals surface area contributed by atoms with Gasteiger partial charge in [0, 0.05) is 15.3 Å². The molecule has 20 heavy (non-hydrogen) atoms. The van der Waals surface area contributed by atoms with Gasteiger partial charge in [-0.25, -0.2) is 9.18 Å². The van der Waals surface area contributed by atoms with E-state index in [9.17, 15) is 9.18 Å². The number of rotatable bonds is 3. The summed E-state index contributed by atoms with van der Waals surface area (Å²) in [7, 11) is 0. The van der Waals surface area contributed by atoms with Crippen molar-refractivity contribution >= 4 is 23.4 Å². The third kappa shape index (κ3) is 2.92. The normalized spacial score (nSPS) is 11.2. The summed E-state index contributed by atoms with van der Waals surface area (Å²) in [5, 5.41) is 17.5. The number of nitriles is 1. The number of hydrogen-bond donors (Lipinski definition) is 1. The molecule has 0 saturated carbocycles. The summed E-state index contributed by atoms with van der Waals surface area (Å²) in [6.07, 6.45) is 1.57. The minimum Gasteiger partial charge on any atom is -0.478 e. The molecule has 100 valence electrons. The lowest BCUT2D eigenvalue weighted by molar-refractivity contribution is -0.132. The first-order valence-corrected chi connectivity index (χ1v) is 6.54. The van der Waals surface area contributed by atoms with E-state index in [1.54, 1.807) is 30.3 Å². The molecule has 0 aliphatic carbocycles. The van der Waals surface area contributed by atoms with Crippen molar-refractivity contribution in [1.29, 1.82) is 5.26 Å². The second-order valence-corrected chi connectivity index (χ2v) is 5.26. The Balaban J connectivity index is 2.34. The Labute approximate surface area is 119 Å². The van der Waals surface area contributed by atoms with Crippen molar-refractivity contribution in [2.24, 2.45) is 0 Å². The number of nitrogens with zero attached hydrogens (tertiary/aromatic N) is 1. The van der Waals surface area contributed by atoms with Crippen LogP contribution in [0.2, 0.25) is 0 Å². The first-order valence-electron chi connectivity index (χ1n) is 5.72. The van der Waals surface area contributed by atoms with Gasteiger partial charge in [-0.3, -0.25) is 0 Å². The fraction of sp³-hybridized carbons (Fsp3) is 0.0667. The predicted octanol–water partition coefficient (Wildman–Crippen LogP) is 3.91. The number of benzene rings is 1. The van der Waals surface area contributed by atoms with E-state index in [4.69, 9.17) is 10.4 Å². The maximum Gasteiger partial charge on any atom is 0.331 e. The van der Waals surface area contributed by atoms with Crippen molar-refractivity contribution in [3.05, 3.63) is 52.2 Å². The van der Waals surface area contributed by atoms with E-state index in [2.05, 4.69) is 0 Å². The van der Waals surface area contributed by atoms with E-state index in [0.29, 0.717) is 5.56 Å². The molecule has 0 spiro atoms. The Morgan fingerprint density at radius 3 is 2.75 bits per heavy atom. The van der Waals surface area contributed by atoms with Crippen molar-refractivity contribution in [3.63, 3.8) is 0 Å². The van der Waals surface area contributed by atoms with Crippen molar-refractivity contribution in [2.45, 2.75) is 6.92 Å². The van der Waals surface area contributed by atoms with Gasteiger partial charge < -0.3 is 5.11 Å². The first kappa shape index (κ1) is 14.0. The van der Waals surface area contributed by atoms with Crippen LogP contribution in [-0.4, -0.2) is 11.1 Å². The highest BCUT2D eigenvalue weighted by atomic mass is 32.1. The average molecular weight is 287 g/mol. The highest BCUT2D eigenvalue weighted by Gasteiger charge is 2.07. The number of halogens is 1. The molecule has 2 aromatic rings. The zero-order chi connectivity index (χ0) is 14.7. The summed E-state index contributed by atoms with van der Waals surface area (Å²) in [6.45, 7) is 1.52. The standard InChI is InChI=1S/C15H10FNO2S/c1-9(15(18)19)6-12-4-5-14(20-12)10-2-3-11(8-17)13(16)7-10/h2-7H,1H3,(H,18,19)/b9-6+. The van der Waals surface area contributed by atoms with E-state index in [1.165, 1.54) is 30.4 Å². The molecule has 1 heterocycles. The monoisotopic (exact) mass is 287 g/mol. The quantitative estimate of drug-likeness (QED) is 0.870. The van der Waals surface area contributed by atoms with Gasteiger partial charge >= 0.3 is 5.97 Å². The maximum absolute atomic E-state index is 13.6. The summed E-state index contributed by atoms with van der Waals surface area (Å²) in [5.41, 5.74) is 0.913. The molecule has 0 amide bonds. The number of aliphatic carboxylic acids is 1. The average Bonchev–Trinajstić information content (AvgIpc) is 2.87. The molecule has 0 aliphatic heterocycles. The van der Waals surface area contributed by atoms with Crippen molar-refractivity contribution < 1.29 is 14.3 Å². The van der Waals surface area contributed by atoms with E-state index >= 15 is 0 Å². The molecule has 0 aliphatic rings. The SMILES string of the molecule is C/C(=C\c1ccc(-c2ccc(C#N)c(F)c2)s1)C(=O)O. The van der Waals surface area contributed by atoms with E-state index in [0.717, 1.165) is 9.75 Å². The molecule has 0 radical (unpaired) electrons. The largest absolute Gasteiger partial charge is 0.478 e. The molecule has 0 bridgehead atoms. The first-order chi connectivity index (χ1) is 9.51. The van der Waals surface area contributed by atoms with Crippen LogP contribution in [0.4, 0.5) is 4.39 Å². The molecule has 1 N–H and O–H groups in total. The van der Waals surface area contributed by atoms with Crippen LogP contribution < -0.4 is 0 Å². The lowest BCUT2D eigenvalue weighted by Gasteiger charge is -1.98.